The van der Waals surface area contributed by atoms with Gasteiger partial charge in [0, 0.05) is 67.2 Å². The van der Waals surface area contributed by atoms with Crippen LogP contribution in [0.5, 0.6) is 11.5 Å². The summed E-state index contributed by atoms with van der Waals surface area (Å²) in [6, 6.07) is 15.2. The Bertz CT molecular complexity index is 2740. The fourth-order valence-corrected chi connectivity index (χ4v) is 12.0. The Morgan fingerprint density at radius 1 is 0.686 bits per heavy atom. The van der Waals surface area contributed by atoms with Crippen molar-refractivity contribution in [3.63, 3.8) is 0 Å². The van der Waals surface area contributed by atoms with Gasteiger partial charge in [0.05, 0.1) is 50.1 Å². The van der Waals surface area contributed by atoms with E-state index in [2.05, 4.69) is 83.0 Å². The minimum absolute atomic E-state index is 0.0417. The van der Waals surface area contributed by atoms with Crippen LogP contribution in [0.15, 0.2) is 60.9 Å². The van der Waals surface area contributed by atoms with Crippen molar-refractivity contribution in [3.05, 3.63) is 83.7 Å². The first-order valence-corrected chi connectivity index (χ1v) is 25.1. The van der Waals surface area contributed by atoms with Gasteiger partial charge in [-0.05, 0) is 105 Å². The fourth-order valence-electron chi connectivity index (χ4n) is 12.0. The van der Waals surface area contributed by atoms with Crippen LogP contribution < -0.4 is 15.4 Å². The van der Waals surface area contributed by atoms with Gasteiger partial charge in [0.25, 0.3) is 0 Å². The number of hydrogen-bond donors (Lipinski definition) is 4. The van der Waals surface area contributed by atoms with Crippen molar-refractivity contribution >= 4 is 34.8 Å². The normalized spacial score (nSPS) is 21.1. The molecule has 0 bridgehead atoms. The summed E-state index contributed by atoms with van der Waals surface area (Å²) >= 11 is 0. The molecule has 0 unspecified atom stereocenters. The van der Waals surface area contributed by atoms with Crippen LogP contribution in [0.25, 0.3) is 33.3 Å². The van der Waals surface area contributed by atoms with Gasteiger partial charge in [0.15, 0.2) is 0 Å². The Labute approximate surface area is 407 Å². The van der Waals surface area contributed by atoms with Crippen molar-refractivity contribution in [3.8, 4) is 34.0 Å². The molecule has 17 heteroatoms. The predicted molar refractivity (Wildman–Crippen MR) is 260 cm³/mol. The largest absolute Gasteiger partial charge is 0.457 e. The maximum atomic E-state index is 14.2. The van der Waals surface area contributed by atoms with Crippen LogP contribution in [0.4, 0.5) is 9.59 Å². The number of likely N-dealkylation sites (tertiary alicyclic amines) is 2. The number of amides is 4. The summed E-state index contributed by atoms with van der Waals surface area (Å²) in [6.07, 6.45) is 10.1. The topological polar surface area (TPSA) is 202 Å². The molecule has 3 aromatic carbocycles. The average Bonchev–Trinajstić information content (AvgIpc) is 4.27. The van der Waals surface area contributed by atoms with E-state index in [1.807, 2.05) is 22.2 Å². The Kier molecular flexibility index (Phi) is 13.6. The van der Waals surface area contributed by atoms with Crippen LogP contribution in [0.1, 0.15) is 113 Å². The lowest BCUT2D eigenvalue weighted by Crippen LogP contribution is -2.53. The highest BCUT2D eigenvalue weighted by Crippen LogP contribution is 2.55. The number of rotatable bonds is 12. The second kappa shape index (κ2) is 20.1. The van der Waals surface area contributed by atoms with Gasteiger partial charge in [0.1, 0.15) is 35.2 Å². The number of carbonyl (C=O) groups is 4. The molecule has 4 saturated heterocycles. The van der Waals surface area contributed by atoms with Gasteiger partial charge >= 0.3 is 12.2 Å². The van der Waals surface area contributed by atoms with Crippen molar-refractivity contribution in [1.82, 2.24) is 40.4 Å². The smallest absolute Gasteiger partial charge is 0.407 e. The molecular formula is C53H64N8O9. The molecule has 5 aliphatic rings. The number of nitrogens with one attached hydrogen (secondary N) is 4. The second-order valence-electron chi connectivity index (χ2n) is 19.3. The van der Waals surface area contributed by atoms with Crippen LogP contribution in [0, 0.1) is 11.8 Å². The number of aromatic nitrogens is 4. The van der Waals surface area contributed by atoms with Gasteiger partial charge in [-0.1, -0.05) is 44.2 Å². The molecule has 0 aliphatic carbocycles. The van der Waals surface area contributed by atoms with E-state index in [9.17, 15) is 19.2 Å². The molecule has 5 aromatic rings. The molecule has 7 heterocycles. The predicted octanol–water partition coefficient (Wildman–Crippen LogP) is 8.46. The summed E-state index contributed by atoms with van der Waals surface area (Å²) in [6.45, 7) is 7.85. The third-order valence-electron chi connectivity index (χ3n) is 15.8. The third-order valence-corrected chi connectivity index (χ3v) is 15.8. The van der Waals surface area contributed by atoms with Crippen LogP contribution in [0.3, 0.4) is 0 Å². The number of H-pyrrole nitrogens is 2. The van der Waals surface area contributed by atoms with Crippen molar-refractivity contribution < 1.29 is 42.9 Å². The zero-order chi connectivity index (χ0) is 48.5. The second-order valence-corrected chi connectivity index (χ2v) is 19.3. The molecule has 5 aliphatic heterocycles. The Morgan fingerprint density at radius 2 is 1.20 bits per heavy atom. The fraction of sp³-hybridized carbons (Fsp3) is 0.509. The zero-order valence-corrected chi connectivity index (χ0v) is 40.5. The zero-order valence-electron chi connectivity index (χ0n) is 40.5. The van der Waals surface area contributed by atoms with E-state index in [0.29, 0.717) is 71.0 Å². The van der Waals surface area contributed by atoms with E-state index in [1.54, 1.807) is 0 Å². The van der Waals surface area contributed by atoms with Crippen LogP contribution >= 0.6 is 0 Å². The average molecular weight is 957 g/mol. The van der Waals surface area contributed by atoms with Gasteiger partial charge in [-0.25, -0.2) is 19.6 Å². The quantitative estimate of drug-likeness (QED) is 0.0935. The molecule has 0 saturated carbocycles. The van der Waals surface area contributed by atoms with Crippen molar-refractivity contribution in [1.29, 1.82) is 0 Å². The summed E-state index contributed by atoms with van der Waals surface area (Å²) in [5, 5.41) is 7.88. The van der Waals surface area contributed by atoms with Gasteiger partial charge in [-0.15, -0.1) is 0 Å². The van der Waals surface area contributed by atoms with Gasteiger partial charge in [-0.2, -0.15) is 0 Å². The molecule has 70 heavy (non-hydrogen) atoms. The number of aromatic amines is 2. The first-order valence-electron chi connectivity index (χ1n) is 25.1. The lowest BCUT2D eigenvalue weighted by Gasteiger charge is -2.40. The van der Waals surface area contributed by atoms with E-state index in [1.165, 1.54) is 19.8 Å². The van der Waals surface area contributed by atoms with Crippen molar-refractivity contribution in [2.75, 3.05) is 53.7 Å². The number of benzene rings is 3. The summed E-state index contributed by atoms with van der Waals surface area (Å²) in [5.41, 5.74) is 5.57. The number of fused-ring (bicyclic) bond motifs is 4. The first kappa shape index (κ1) is 47.2. The van der Waals surface area contributed by atoms with Crippen molar-refractivity contribution in [2.45, 2.75) is 108 Å². The molecule has 0 spiro atoms. The molecule has 0 radical (unpaired) electrons. The van der Waals surface area contributed by atoms with Crippen molar-refractivity contribution in [2.24, 2.45) is 11.8 Å². The number of methoxy groups -OCH3 is 2. The lowest BCUT2D eigenvalue weighted by molar-refractivity contribution is -0.137. The standard InChI is InChI=1S/C53H64N8O9/c1-5-53(6-2)37-15-12-35(39-30-55-48(57-39)41-10-8-22-61(41)50(63)46(59-52(65)67-4)32-19-25-69-26-20-32)28-43(37)70-42-16-13-33-27-34(11-14-36(33)44(42)53)38-29-54-47(56-38)40-9-7-21-60(40)49(62)45(58-51(64)66-3)31-17-23-68-24-18-31/h11-16,27-32,40-41,45-46H,5-10,17-26H2,1-4H3,(H,54,56)(H,55,57)(H,58,64)(H,59,65)/t40-,41-,45-,46+/m1/s1. The van der Waals surface area contributed by atoms with E-state index in [-0.39, 0.29) is 41.1 Å². The molecule has 4 fully saturated rings. The van der Waals surface area contributed by atoms with E-state index in [0.717, 1.165) is 94.7 Å². The number of alkyl carbamates (subject to hydrolysis) is 2. The highest BCUT2D eigenvalue weighted by molar-refractivity contribution is 5.94. The summed E-state index contributed by atoms with van der Waals surface area (Å²) in [7, 11) is 2.63. The number of hydrogen-bond acceptors (Lipinski definition) is 11. The Hall–Kier alpha value is -6.46. The Balaban J connectivity index is 0.883. The molecule has 4 N–H and O–H groups in total. The van der Waals surface area contributed by atoms with Gasteiger partial charge < -0.3 is 54.1 Å². The summed E-state index contributed by atoms with van der Waals surface area (Å²) in [5.74, 6) is 2.74. The molecule has 2 aromatic heterocycles. The lowest BCUT2D eigenvalue weighted by atomic mass is 9.67. The maximum absolute atomic E-state index is 14.2. The third kappa shape index (κ3) is 8.75. The number of imidazole rings is 2. The molecule has 370 valence electrons. The summed E-state index contributed by atoms with van der Waals surface area (Å²) < 4.78 is 27.8. The molecule has 4 atom stereocenters. The van der Waals surface area contributed by atoms with Crippen LogP contribution in [0.2, 0.25) is 0 Å². The van der Waals surface area contributed by atoms with Gasteiger partial charge in [-0.3, -0.25) is 9.59 Å². The summed E-state index contributed by atoms with van der Waals surface area (Å²) in [4.78, 5) is 73.7. The number of ether oxygens (including phenoxy) is 5. The van der Waals surface area contributed by atoms with Crippen LogP contribution in [-0.4, -0.2) is 120 Å². The van der Waals surface area contributed by atoms with E-state index in [4.69, 9.17) is 33.7 Å². The molecule has 17 nitrogen and oxygen atoms in total. The SMILES string of the molecule is CCC1(CC)c2ccc(-c3cnc([C@H]4CCCN4C(=O)[C@@H](NC(=O)OC)C4CCOCC4)[nH]3)cc2Oc2ccc3cc(-c4cnc([C@H]5CCCN5C(=O)[C@H](NC(=O)OC)C5CCOCC5)[nH]4)ccc3c21. The number of nitrogens with zero attached hydrogens (tertiary/aromatic N) is 4. The van der Waals surface area contributed by atoms with E-state index < -0.39 is 24.3 Å². The molecule has 10 rings (SSSR count). The monoisotopic (exact) mass is 956 g/mol. The first-order chi connectivity index (χ1) is 34.1. The van der Waals surface area contributed by atoms with Crippen LogP contribution in [-0.2, 0) is 34.0 Å². The highest BCUT2D eigenvalue weighted by Gasteiger charge is 2.44. The Morgan fingerprint density at radius 3 is 1.71 bits per heavy atom. The molecule has 4 amide bonds. The minimum atomic E-state index is -0.706. The number of carbonyl (C=O) groups excluding carboxylic acids is 4. The highest BCUT2D eigenvalue weighted by atomic mass is 16.5. The van der Waals surface area contributed by atoms with Gasteiger partial charge in [0.2, 0.25) is 11.8 Å². The minimum Gasteiger partial charge on any atom is -0.457 e. The maximum Gasteiger partial charge on any atom is 0.407 e. The van der Waals surface area contributed by atoms with E-state index >= 15 is 0 Å². The molecular weight excluding hydrogens is 893 g/mol.